The number of nitrogens with zero attached hydrogens (tertiary/aromatic N) is 2. The smallest absolute Gasteiger partial charge is 0.227 e. The molecule has 0 radical (unpaired) electrons. The van der Waals surface area contributed by atoms with Crippen LogP contribution < -0.4 is 0 Å². The van der Waals surface area contributed by atoms with E-state index in [9.17, 15) is 0 Å². The molecule has 3 nitrogen and oxygen atoms in total. The number of benzene rings is 7. The fourth-order valence-corrected chi connectivity index (χ4v) is 6.94. The predicted molar refractivity (Wildman–Crippen MR) is 195 cm³/mol. The van der Waals surface area contributed by atoms with Crippen molar-refractivity contribution in [1.82, 2.24) is 9.55 Å². The fraction of sp³-hybridized carbons (Fsp3) is 0.0227. The van der Waals surface area contributed by atoms with Crippen LogP contribution in [0.4, 0.5) is 0 Å². The number of aryl methyl sites for hydroxylation is 1. The number of hydrogen-bond donors (Lipinski definition) is 0. The summed E-state index contributed by atoms with van der Waals surface area (Å²) in [6.45, 7) is 2.05. The second kappa shape index (κ2) is 11.0. The van der Waals surface area contributed by atoms with Crippen LogP contribution in [0.3, 0.4) is 0 Å². The molecule has 7 aromatic carbocycles. The molecule has 0 fully saturated rings. The summed E-state index contributed by atoms with van der Waals surface area (Å²) in [7, 11) is 0. The Morgan fingerprint density at radius 1 is 0.468 bits per heavy atom. The first-order chi connectivity index (χ1) is 23.2. The molecule has 0 spiro atoms. The topological polar surface area (TPSA) is 31.0 Å². The Morgan fingerprint density at radius 2 is 1.06 bits per heavy atom. The highest BCUT2D eigenvalue weighted by molar-refractivity contribution is 6.11. The summed E-state index contributed by atoms with van der Waals surface area (Å²) in [5, 5.41) is 2.50. The first-order valence-corrected chi connectivity index (χ1v) is 16.0. The summed E-state index contributed by atoms with van der Waals surface area (Å²) in [5.41, 5.74) is 14.5. The second-order valence-electron chi connectivity index (χ2n) is 12.0. The molecule has 0 unspecified atom stereocenters. The summed E-state index contributed by atoms with van der Waals surface area (Å²) in [4.78, 5) is 4.75. The van der Waals surface area contributed by atoms with Crippen LogP contribution in [-0.4, -0.2) is 9.55 Å². The van der Waals surface area contributed by atoms with Gasteiger partial charge in [0.05, 0.1) is 11.0 Å². The van der Waals surface area contributed by atoms with E-state index in [0.29, 0.717) is 5.89 Å². The van der Waals surface area contributed by atoms with Crippen LogP contribution in [0.1, 0.15) is 5.56 Å². The fourth-order valence-electron chi connectivity index (χ4n) is 6.94. The van der Waals surface area contributed by atoms with Crippen LogP contribution in [0.25, 0.3) is 83.4 Å². The van der Waals surface area contributed by atoms with Crippen LogP contribution in [-0.2, 0) is 0 Å². The van der Waals surface area contributed by atoms with E-state index >= 15 is 0 Å². The van der Waals surface area contributed by atoms with Crippen molar-refractivity contribution >= 4 is 32.9 Å². The summed E-state index contributed by atoms with van der Waals surface area (Å²) in [6, 6.07) is 58.2. The van der Waals surface area contributed by atoms with Gasteiger partial charge in [-0.2, -0.15) is 0 Å². The van der Waals surface area contributed by atoms with E-state index in [0.717, 1.165) is 33.5 Å². The van der Waals surface area contributed by atoms with Gasteiger partial charge in [-0.3, -0.25) is 0 Å². The third kappa shape index (κ3) is 4.55. The normalized spacial score (nSPS) is 11.5. The van der Waals surface area contributed by atoms with Crippen molar-refractivity contribution in [3.63, 3.8) is 0 Å². The van der Waals surface area contributed by atoms with Crippen LogP contribution in [0.2, 0.25) is 0 Å². The average Bonchev–Trinajstić information content (AvgIpc) is 3.73. The van der Waals surface area contributed by atoms with Gasteiger partial charge in [0.2, 0.25) is 5.89 Å². The lowest BCUT2D eigenvalue weighted by atomic mass is 9.89. The molecule has 0 bridgehead atoms. The molecule has 3 heteroatoms. The predicted octanol–water partition coefficient (Wildman–Crippen LogP) is 11.9. The van der Waals surface area contributed by atoms with Crippen LogP contribution >= 0.6 is 0 Å². The zero-order valence-corrected chi connectivity index (χ0v) is 25.9. The van der Waals surface area contributed by atoms with Crippen molar-refractivity contribution in [2.75, 3.05) is 0 Å². The molecule has 0 aliphatic carbocycles. The van der Waals surface area contributed by atoms with Crippen molar-refractivity contribution in [1.29, 1.82) is 0 Å². The van der Waals surface area contributed by atoms with Gasteiger partial charge in [0.25, 0.3) is 0 Å². The number of oxazole rings is 1. The quantitative estimate of drug-likeness (QED) is 0.196. The second-order valence-corrected chi connectivity index (χ2v) is 12.0. The molecule has 0 N–H and O–H groups in total. The molecular formula is C44H30N2O. The zero-order chi connectivity index (χ0) is 31.3. The van der Waals surface area contributed by atoms with Crippen LogP contribution in [0.15, 0.2) is 168 Å². The standard InChI is InChI=1S/C44H30N2O/c1-29-12-11-20-40-43(29)47-44(45-40)31-24-22-30(23-25-31)34-15-5-7-17-36(34)37-18-8-6-16-35(37)32-26-27-42-39(28-32)38-19-9-10-21-41(38)46(42)33-13-3-2-4-14-33/h2-28H,1H3. The molecule has 222 valence electrons. The Kier molecular flexibility index (Phi) is 6.36. The minimum atomic E-state index is 0.642. The van der Waals surface area contributed by atoms with Gasteiger partial charge in [-0.15, -0.1) is 0 Å². The molecule has 0 saturated carbocycles. The Balaban J connectivity index is 1.14. The van der Waals surface area contributed by atoms with Crippen molar-refractivity contribution < 1.29 is 4.42 Å². The molecule has 0 saturated heterocycles. The third-order valence-corrected chi connectivity index (χ3v) is 9.20. The van der Waals surface area contributed by atoms with Crippen molar-refractivity contribution in [3.8, 4) is 50.5 Å². The SMILES string of the molecule is Cc1cccc2nc(-c3ccc(-c4ccccc4-c4ccccc4-c4ccc5c(c4)c4ccccc4n5-c4ccccc4)cc3)oc12. The highest BCUT2D eigenvalue weighted by atomic mass is 16.3. The van der Waals surface area contributed by atoms with Gasteiger partial charge in [-0.05, 0) is 94.4 Å². The molecule has 0 amide bonds. The number of hydrogen-bond acceptors (Lipinski definition) is 2. The lowest BCUT2D eigenvalue weighted by molar-refractivity contribution is 0.617. The maximum absolute atomic E-state index is 6.16. The number of para-hydroxylation sites is 3. The molecule has 0 atom stereocenters. The van der Waals surface area contributed by atoms with E-state index in [1.54, 1.807) is 0 Å². The largest absolute Gasteiger partial charge is 0.436 e. The minimum Gasteiger partial charge on any atom is -0.436 e. The van der Waals surface area contributed by atoms with Gasteiger partial charge in [-0.25, -0.2) is 4.98 Å². The number of fused-ring (bicyclic) bond motifs is 4. The Bertz CT molecular complexity index is 2570. The van der Waals surface area contributed by atoms with Crippen molar-refractivity contribution in [3.05, 3.63) is 169 Å². The first-order valence-electron chi connectivity index (χ1n) is 16.0. The van der Waals surface area contributed by atoms with Gasteiger partial charge in [0.15, 0.2) is 5.58 Å². The Morgan fingerprint density at radius 3 is 1.81 bits per heavy atom. The highest BCUT2D eigenvalue weighted by Crippen LogP contribution is 2.41. The van der Waals surface area contributed by atoms with Crippen LogP contribution in [0, 0.1) is 6.92 Å². The van der Waals surface area contributed by atoms with Gasteiger partial charge in [-0.1, -0.05) is 115 Å². The Labute approximate surface area is 273 Å². The van der Waals surface area contributed by atoms with E-state index in [1.165, 1.54) is 49.6 Å². The van der Waals surface area contributed by atoms with Gasteiger partial charge in [0, 0.05) is 22.0 Å². The average molecular weight is 603 g/mol. The molecule has 2 heterocycles. The van der Waals surface area contributed by atoms with E-state index < -0.39 is 0 Å². The molecule has 47 heavy (non-hydrogen) atoms. The lowest BCUT2D eigenvalue weighted by Crippen LogP contribution is -1.93. The van der Waals surface area contributed by atoms with Crippen LogP contribution in [0.5, 0.6) is 0 Å². The number of aromatic nitrogens is 2. The van der Waals surface area contributed by atoms with Crippen molar-refractivity contribution in [2.45, 2.75) is 6.92 Å². The number of rotatable bonds is 5. The maximum atomic E-state index is 6.16. The Hall–Kier alpha value is -6.19. The first kappa shape index (κ1) is 27.1. The van der Waals surface area contributed by atoms with Gasteiger partial charge < -0.3 is 8.98 Å². The highest BCUT2D eigenvalue weighted by Gasteiger charge is 2.17. The molecule has 9 rings (SSSR count). The molecule has 9 aromatic rings. The van der Waals surface area contributed by atoms with E-state index in [1.807, 2.05) is 12.1 Å². The summed E-state index contributed by atoms with van der Waals surface area (Å²) >= 11 is 0. The maximum Gasteiger partial charge on any atom is 0.227 e. The molecule has 0 aliphatic rings. The summed E-state index contributed by atoms with van der Waals surface area (Å²) in [5.74, 6) is 0.642. The minimum absolute atomic E-state index is 0.642. The van der Waals surface area contributed by atoms with Gasteiger partial charge in [0.1, 0.15) is 5.52 Å². The summed E-state index contributed by atoms with van der Waals surface area (Å²) in [6.07, 6.45) is 0. The van der Waals surface area contributed by atoms with E-state index in [2.05, 4.69) is 163 Å². The third-order valence-electron chi connectivity index (χ3n) is 9.20. The van der Waals surface area contributed by atoms with E-state index in [4.69, 9.17) is 9.40 Å². The van der Waals surface area contributed by atoms with E-state index in [-0.39, 0.29) is 0 Å². The summed E-state index contributed by atoms with van der Waals surface area (Å²) < 4.78 is 8.52. The molecule has 0 aliphatic heterocycles. The molecular weight excluding hydrogens is 572 g/mol. The molecule has 2 aromatic heterocycles. The van der Waals surface area contributed by atoms with Gasteiger partial charge >= 0.3 is 0 Å². The van der Waals surface area contributed by atoms with Crippen molar-refractivity contribution in [2.24, 2.45) is 0 Å². The lowest BCUT2D eigenvalue weighted by Gasteiger charge is -2.15. The zero-order valence-electron chi connectivity index (χ0n) is 25.9. The monoisotopic (exact) mass is 602 g/mol.